The first-order valence-corrected chi connectivity index (χ1v) is 6.24. The number of benzene rings is 1. The van der Waals surface area contributed by atoms with Gasteiger partial charge in [0.15, 0.2) is 5.11 Å². The van der Waals surface area contributed by atoms with Crippen LogP contribution in [0.4, 0.5) is 11.4 Å². The molecule has 2 rings (SSSR count). The quantitative estimate of drug-likeness (QED) is 0.752. The maximum Gasteiger partial charge on any atom is 0.175 e. The fourth-order valence-corrected chi connectivity index (χ4v) is 1.91. The Kier molecular flexibility index (Phi) is 4.01. The van der Waals surface area contributed by atoms with Crippen LogP contribution in [0.5, 0.6) is 5.75 Å². The van der Waals surface area contributed by atoms with Crippen molar-refractivity contribution in [2.45, 2.75) is 13.8 Å². The van der Waals surface area contributed by atoms with Crippen molar-refractivity contribution >= 4 is 28.7 Å². The van der Waals surface area contributed by atoms with Crippen LogP contribution in [0, 0.1) is 13.8 Å². The molecule has 0 aliphatic carbocycles. The van der Waals surface area contributed by atoms with E-state index in [2.05, 4.69) is 20.8 Å². The lowest BCUT2D eigenvalue weighted by atomic mass is 10.3. The summed E-state index contributed by atoms with van der Waals surface area (Å²) in [7, 11) is 1.64. The van der Waals surface area contributed by atoms with Crippen molar-refractivity contribution < 1.29 is 4.74 Å². The minimum absolute atomic E-state index is 0.526. The van der Waals surface area contributed by atoms with Crippen LogP contribution in [0.15, 0.2) is 24.3 Å². The van der Waals surface area contributed by atoms with Crippen LogP contribution in [-0.2, 0) is 0 Å². The second-order valence-electron chi connectivity index (χ2n) is 4.12. The maximum absolute atomic E-state index is 5.27. The number of thiocarbonyl (C=S) groups is 1. The Hall–Kier alpha value is -2.08. The highest BCUT2D eigenvalue weighted by Gasteiger charge is 2.07. The number of methoxy groups -OCH3 is 1. The van der Waals surface area contributed by atoms with Gasteiger partial charge in [0.05, 0.1) is 24.2 Å². The van der Waals surface area contributed by atoms with Crippen LogP contribution in [0.1, 0.15) is 11.4 Å². The van der Waals surface area contributed by atoms with E-state index < -0.39 is 0 Å². The average molecular weight is 276 g/mol. The van der Waals surface area contributed by atoms with Crippen molar-refractivity contribution in [3.8, 4) is 5.75 Å². The van der Waals surface area contributed by atoms with Gasteiger partial charge in [-0.15, -0.1) is 0 Å². The third-order valence-corrected chi connectivity index (χ3v) is 2.92. The summed E-state index contributed by atoms with van der Waals surface area (Å²) in [5, 5.41) is 13.8. The molecule has 0 fully saturated rings. The predicted octanol–water partition coefficient (Wildman–Crippen LogP) is 2.84. The van der Waals surface area contributed by atoms with Crippen LogP contribution < -0.4 is 15.4 Å². The van der Waals surface area contributed by atoms with E-state index >= 15 is 0 Å². The summed E-state index contributed by atoms with van der Waals surface area (Å²) in [4.78, 5) is 0. The average Bonchev–Trinajstić information content (AvgIpc) is 2.71. The van der Waals surface area contributed by atoms with E-state index in [0.717, 1.165) is 28.5 Å². The van der Waals surface area contributed by atoms with Gasteiger partial charge in [-0.05, 0) is 50.3 Å². The lowest BCUT2D eigenvalue weighted by molar-refractivity contribution is 0.415. The summed E-state index contributed by atoms with van der Waals surface area (Å²) in [5.41, 5.74) is 3.65. The Morgan fingerprint density at radius 3 is 2.42 bits per heavy atom. The van der Waals surface area contributed by atoms with Crippen molar-refractivity contribution in [3.05, 3.63) is 35.7 Å². The van der Waals surface area contributed by atoms with Gasteiger partial charge in [0.25, 0.3) is 0 Å². The van der Waals surface area contributed by atoms with Gasteiger partial charge in [-0.25, -0.2) is 0 Å². The Labute approximate surface area is 117 Å². The lowest BCUT2D eigenvalue weighted by Crippen LogP contribution is -2.19. The molecule has 0 spiro atoms. The zero-order valence-corrected chi connectivity index (χ0v) is 11.9. The van der Waals surface area contributed by atoms with Gasteiger partial charge in [-0.1, -0.05) is 0 Å². The first kappa shape index (κ1) is 13.4. The van der Waals surface area contributed by atoms with Crippen molar-refractivity contribution in [2.24, 2.45) is 0 Å². The number of hydrogen-bond donors (Lipinski definition) is 3. The predicted molar refractivity (Wildman–Crippen MR) is 80.9 cm³/mol. The first-order chi connectivity index (χ1) is 9.10. The smallest absolute Gasteiger partial charge is 0.175 e. The number of nitrogens with zero attached hydrogens (tertiary/aromatic N) is 1. The van der Waals surface area contributed by atoms with E-state index in [1.54, 1.807) is 7.11 Å². The molecule has 1 heterocycles. The summed E-state index contributed by atoms with van der Waals surface area (Å²) < 4.78 is 5.10. The van der Waals surface area contributed by atoms with E-state index in [4.69, 9.17) is 17.0 Å². The topological polar surface area (TPSA) is 62.0 Å². The molecular weight excluding hydrogens is 260 g/mol. The summed E-state index contributed by atoms with van der Waals surface area (Å²) in [6.07, 6.45) is 0. The Morgan fingerprint density at radius 2 is 1.89 bits per heavy atom. The summed E-state index contributed by atoms with van der Waals surface area (Å²) in [5.74, 6) is 0.811. The molecule has 0 amide bonds. The summed E-state index contributed by atoms with van der Waals surface area (Å²) in [6, 6.07) is 7.56. The number of ether oxygens (including phenoxy) is 1. The van der Waals surface area contributed by atoms with Crippen molar-refractivity contribution in [2.75, 3.05) is 17.7 Å². The van der Waals surface area contributed by atoms with Gasteiger partial charge in [0, 0.05) is 5.69 Å². The van der Waals surface area contributed by atoms with E-state index in [1.165, 1.54) is 0 Å². The number of aryl methyl sites for hydroxylation is 2. The third kappa shape index (κ3) is 3.23. The molecule has 0 unspecified atom stereocenters. The molecule has 1 aromatic carbocycles. The van der Waals surface area contributed by atoms with Crippen molar-refractivity contribution in [1.82, 2.24) is 10.2 Å². The van der Waals surface area contributed by atoms with Crippen LogP contribution in [0.25, 0.3) is 0 Å². The van der Waals surface area contributed by atoms with E-state index in [1.807, 2.05) is 38.1 Å². The molecule has 5 nitrogen and oxygen atoms in total. The maximum atomic E-state index is 5.27. The highest BCUT2D eigenvalue weighted by atomic mass is 32.1. The minimum atomic E-state index is 0.526. The Balaban J connectivity index is 2.01. The van der Waals surface area contributed by atoms with Crippen LogP contribution in [0.3, 0.4) is 0 Å². The number of H-pyrrole nitrogens is 1. The van der Waals surface area contributed by atoms with Gasteiger partial charge in [0.1, 0.15) is 5.75 Å². The van der Waals surface area contributed by atoms with Gasteiger partial charge in [-0.3, -0.25) is 5.10 Å². The van der Waals surface area contributed by atoms with Crippen LogP contribution in [-0.4, -0.2) is 22.4 Å². The molecule has 0 radical (unpaired) electrons. The molecule has 0 bridgehead atoms. The molecule has 1 aromatic heterocycles. The third-order valence-electron chi connectivity index (χ3n) is 2.71. The standard InChI is InChI=1S/C13H16N4OS/c1-8-12(9(2)17-16-8)15-13(19)14-10-4-6-11(18-3)7-5-10/h4-7H,1-3H3,(H,16,17)(H2,14,15,19). The van der Waals surface area contributed by atoms with Gasteiger partial charge in [0.2, 0.25) is 0 Å². The fraction of sp³-hybridized carbons (Fsp3) is 0.231. The van der Waals surface area contributed by atoms with Gasteiger partial charge < -0.3 is 15.4 Å². The lowest BCUT2D eigenvalue weighted by Gasteiger charge is -2.11. The molecule has 0 aliphatic heterocycles. The highest BCUT2D eigenvalue weighted by molar-refractivity contribution is 7.80. The molecule has 2 aromatic rings. The van der Waals surface area contributed by atoms with Crippen LogP contribution in [0.2, 0.25) is 0 Å². The molecule has 19 heavy (non-hydrogen) atoms. The minimum Gasteiger partial charge on any atom is -0.497 e. The number of aromatic nitrogens is 2. The molecule has 0 atom stereocenters. The van der Waals surface area contributed by atoms with E-state index in [9.17, 15) is 0 Å². The van der Waals surface area contributed by atoms with Crippen molar-refractivity contribution in [3.63, 3.8) is 0 Å². The highest BCUT2D eigenvalue weighted by Crippen LogP contribution is 2.18. The fourth-order valence-electron chi connectivity index (χ4n) is 1.69. The molecule has 0 aliphatic rings. The monoisotopic (exact) mass is 276 g/mol. The molecule has 3 N–H and O–H groups in total. The largest absolute Gasteiger partial charge is 0.497 e. The number of aromatic amines is 1. The number of nitrogens with one attached hydrogen (secondary N) is 3. The molecule has 0 saturated heterocycles. The second-order valence-corrected chi connectivity index (χ2v) is 4.52. The molecule has 100 valence electrons. The molecule has 6 heteroatoms. The zero-order chi connectivity index (χ0) is 13.8. The number of hydrogen-bond acceptors (Lipinski definition) is 3. The molecular formula is C13H16N4OS. The molecule has 0 saturated carbocycles. The van der Waals surface area contributed by atoms with Gasteiger partial charge in [-0.2, -0.15) is 5.10 Å². The summed E-state index contributed by atoms with van der Waals surface area (Å²) >= 11 is 5.27. The Morgan fingerprint density at radius 1 is 1.21 bits per heavy atom. The number of rotatable bonds is 3. The Bertz CT molecular complexity index is 557. The van der Waals surface area contributed by atoms with E-state index in [-0.39, 0.29) is 0 Å². The second kappa shape index (κ2) is 5.71. The van der Waals surface area contributed by atoms with Gasteiger partial charge >= 0.3 is 0 Å². The normalized spacial score (nSPS) is 10.1. The van der Waals surface area contributed by atoms with Crippen molar-refractivity contribution in [1.29, 1.82) is 0 Å². The van der Waals surface area contributed by atoms with E-state index in [0.29, 0.717) is 5.11 Å². The van der Waals surface area contributed by atoms with Crippen LogP contribution >= 0.6 is 12.2 Å². The SMILES string of the molecule is COc1ccc(NC(=S)Nc2c(C)n[nH]c2C)cc1. The zero-order valence-electron chi connectivity index (χ0n) is 11.1. The number of anilines is 2. The summed E-state index contributed by atoms with van der Waals surface area (Å²) in [6.45, 7) is 3.86. The first-order valence-electron chi connectivity index (χ1n) is 5.84.